The van der Waals surface area contributed by atoms with Gasteiger partial charge in [-0.15, -0.1) is 0 Å². The Kier molecular flexibility index (Phi) is 6.52. The average Bonchev–Trinajstić information content (AvgIpc) is 2.56. The van der Waals surface area contributed by atoms with Gasteiger partial charge in [-0.3, -0.25) is 4.79 Å². The number of aryl methyl sites for hydroxylation is 2. The monoisotopic (exact) mass is 411 g/mol. The molecule has 0 atom stereocenters. The number of rotatable bonds is 6. The third-order valence-corrected chi connectivity index (χ3v) is 4.64. The van der Waals surface area contributed by atoms with Crippen molar-refractivity contribution >= 4 is 39.1 Å². The van der Waals surface area contributed by atoms with Crippen molar-refractivity contribution in [1.29, 1.82) is 0 Å². The van der Waals surface area contributed by atoms with Gasteiger partial charge in [-0.05, 0) is 58.6 Å². The Morgan fingerprint density at radius 3 is 2.50 bits per heavy atom. The Balaban J connectivity index is 2.01. The van der Waals surface area contributed by atoms with Crippen molar-refractivity contribution in [3.63, 3.8) is 0 Å². The molecule has 0 saturated heterocycles. The summed E-state index contributed by atoms with van der Waals surface area (Å²) in [5.41, 5.74) is 2.56. The first-order valence-corrected chi connectivity index (χ1v) is 8.58. The van der Waals surface area contributed by atoms with Crippen LogP contribution >= 0.6 is 27.5 Å². The maximum Gasteiger partial charge on any atom is 0.224 e. The summed E-state index contributed by atoms with van der Waals surface area (Å²) < 4.78 is 11.3. The normalized spacial score (nSPS) is 10.4. The van der Waals surface area contributed by atoms with Crippen LogP contribution in [0.1, 0.15) is 17.5 Å². The van der Waals surface area contributed by atoms with E-state index in [0.29, 0.717) is 29.3 Å². The van der Waals surface area contributed by atoms with E-state index in [9.17, 15) is 4.79 Å². The minimum atomic E-state index is -0.0815. The van der Waals surface area contributed by atoms with Gasteiger partial charge in [0.15, 0.2) is 0 Å². The number of hydrogen-bond acceptors (Lipinski definition) is 3. The van der Waals surface area contributed by atoms with Gasteiger partial charge < -0.3 is 14.8 Å². The van der Waals surface area contributed by atoms with E-state index in [4.69, 9.17) is 21.1 Å². The highest BCUT2D eigenvalue weighted by molar-refractivity contribution is 9.10. The molecule has 0 fully saturated rings. The lowest BCUT2D eigenvalue weighted by molar-refractivity contribution is -0.116. The first-order chi connectivity index (χ1) is 11.4. The van der Waals surface area contributed by atoms with Gasteiger partial charge in [0.1, 0.15) is 11.5 Å². The Labute approximate surface area is 155 Å². The van der Waals surface area contributed by atoms with E-state index in [0.717, 1.165) is 21.3 Å². The average molecular weight is 413 g/mol. The fraction of sp³-hybridized carbons (Fsp3) is 0.278. The Hall–Kier alpha value is -1.72. The van der Waals surface area contributed by atoms with Gasteiger partial charge in [-0.25, -0.2) is 0 Å². The van der Waals surface area contributed by atoms with Crippen molar-refractivity contribution in [3.8, 4) is 11.5 Å². The van der Waals surface area contributed by atoms with Crippen LogP contribution in [0.5, 0.6) is 11.5 Å². The molecule has 0 saturated carbocycles. The predicted octanol–water partition coefficient (Wildman–Crippen LogP) is 5.00. The molecule has 0 unspecified atom stereocenters. The SMILES string of the molecule is COc1ccc(CCC(=O)Nc2cc(C)c(Cl)cc2OC)cc1Br. The van der Waals surface area contributed by atoms with Crippen molar-refractivity contribution in [2.45, 2.75) is 19.8 Å². The van der Waals surface area contributed by atoms with Crippen LogP contribution in [0, 0.1) is 6.92 Å². The van der Waals surface area contributed by atoms with Crippen LogP contribution in [0.25, 0.3) is 0 Å². The van der Waals surface area contributed by atoms with Crippen LogP contribution in [0.15, 0.2) is 34.8 Å². The van der Waals surface area contributed by atoms with E-state index in [2.05, 4.69) is 21.2 Å². The Bertz CT molecular complexity index is 749. The molecule has 0 bridgehead atoms. The molecule has 0 spiro atoms. The third kappa shape index (κ3) is 4.65. The van der Waals surface area contributed by atoms with Crippen LogP contribution in [-0.4, -0.2) is 20.1 Å². The van der Waals surface area contributed by atoms with Gasteiger partial charge in [0.05, 0.1) is 24.4 Å². The zero-order valence-corrected chi connectivity index (χ0v) is 16.1. The molecule has 4 nitrogen and oxygen atoms in total. The molecule has 2 aromatic carbocycles. The molecular formula is C18H19BrClNO3. The minimum Gasteiger partial charge on any atom is -0.496 e. The van der Waals surface area contributed by atoms with Crippen molar-refractivity contribution in [1.82, 2.24) is 0 Å². The standard InChI is InChI=1S/C18H19BrClNO3/c1-11-8-15(17(24-3)10-14(11)20)21-18(22)7-5-12-4-6-16(23-2)13(19)9-12/h4,6,8-10H,5,7H2,1-3H3,(H,21,22). The van der Waals surface area contributed by atoms with Gasteiger partial charge >= 0.3 is 0 Å². The number of ether oxygens (including phenoxy) is 2. The molecule has 128 valence electrons. The van der Waals surface area contributed by atoms with Gasteiger partial charge in [0, 0.05) is 17.5 Å². The molecular weight excluding hydrogens is 394 g/mol. The second kappa shape index (κ2) is 8.40. The molecule has 0 aromatic heterocycles. The highest BCUT2D eigenvalue weighted by Gasteiger charge is 2.11. The maximum absolute atomic E-state index is 12.2. The Morgan fingerprint density at radius 1 is 1.17 bits per heavy atom. The van der Waals surface area contributed by atoms with Crippen LogP contribution in [0.3, 0.4) is 0 Å². The van der Waals surface area contributed by atoms with Gasteiger partial charge in [0.2, 0.25) is 5.91 Å². The van der Waals surface area contributed by atoms with E-state index in [-0.39, 0.29) is 5.91 Å². The molecule has 0 aliphatic heterocycles. The van der Waals surface area contributed by atoms with E-state index >= 15 is 0 Å². The largest absolute Gasteiger partial charge is 0.496 e. The molecule has 1 amide bonds. The second-order valence-electron chi connectivity index (χ2n) is 5.32. The summed E-state index contributed by atoms with van der Waals surface area (Å²) in [6.45, 7) is 1.88. The number of halogens is 2. The summed E-state index contributed by atoms with van der Waals surface area (Å²) in [6, 6.07) is 9.29. The van der Waals surface area contributed by atoms with E-state index in [1.807, 2.05) is 31.2 Å². The summed E-state index contributed by atoms with van der Waals surface area (Å²) in [7, 11) is 3.17. The highest BCUT2D eigenvalue weighted by Crippen LogP contribution is 2.31. The summed E-state index contributed by atoms with van der Waals surface area (Å²) in [4.78, 5) is 12.2. The van der Waals surface area contributed by atoms with Crippen LogP contribution in [0.2, 0.25) is 5.02 Å². The first-order valence-electron chi connectivity index (χ1n) is 7.41. The number of amides is 1. The van der Waals surface area contributed by atoms with Gasteiger partial charge in [-0.1, -0.05) is 17.7 Å². The first kappa shape index (κ1) is 18.6. The van der Waals surface area contributed by atoms with Gasteiger partial charge in [0.25, 0.3) is 0 Å². The number of carbonyl (C=O) groups is 1. The van der Waals surface area contributed by atoms with Crippen molar-refractivity contribution in [2.24, 2.45) is 0 Å². The quantitative estimate of drug-likeness (QED) is 0.726. The number of hydrogen-bond donors (Lipinski definition) is 1. The Morgan fingerprint density at radius 2 is 1.88 bits per heavy atom. The fourth-order valence-corrected chi connectivity index (χ4v) is 3.01. The maximum atomic E-state index is 12.2. The summed E-state index contributed by atoms with van der Waals surface area (Å²) in [5.74, 6) is 1.23. The van der Waals surface area contributed by atoms with E-state index in [1.165, 1.54) is 0 Å². The molecule has 0 aliphatic rings. The lowest BCUT2D eigenvalue weighted by Gasteiger charge is -2.12. The predicted molar refractivity (Wildman–Crippen MR) is 100 cm³/mol. The number of benzene rings is 2. The van der Waals surface area contributed by atoms with Crippen LogP contribution in [-0.2, 0) is 11.2 Å². The fourth-order valence-electron chi connectivity index (χ4n) is 2.27. The summed E-state index contributed by atoms with van der Waals surface area (Å²) in [5, 5.41) is 3.48. The topological polar surface area (TPSA) is 47.6 Å². The minimum absolute atomic E-state index is 0.0815. The summed E-state index contributed by atoms with van der Waals surface area (Å²) >= 11 is 9.52. The van der Waals surface area contributed by atoms with Crippen LogP contribution < -0.4 is 14.8 Å². The number of nitrogens with one attached hydrogen (secondary N) is 1. The molecule has 2 rings (SSSR count). The molecule has 24 heavy (non-hydrogen) atoms. The van der Waals surface area contributed by atoms with Crippen molar-refractivity contribution in [2.75, 3.05) is 19.5 Å². The molecule has 2 aromatic rings. The lowest BCUT2D eigenvalue weighted by Crippen LogP contribution is -2.13. The van der Waals surface area contributed by atoms with E-state index < -0.39 is 0 Å². The van der Waals surface area contributed by atoms with Gasteiger partial charge in [-0.2, -0.15) is 0 Å². The molecule has 1 N–H and O–H groups in total. The van der Waals surface area contributed by atoms with E-state index in [1.54, 1.807) is 20.3 Å². The molecule has 0 radical (unpaired) electrons. The van der Waals surface area contributed by atoms with Crippen molar-refractivity contribution in [3.05, 3.63) is 51.0 Å². The second-order valence-corrected chi connectivity index (χ2v) is 6.58. The third-order valence-electron chi connectivity index (χ3n) is 3.61. The van der Waals surface area contributed by atoms with Crippen molar-refractivity contribution < 1.29 is 14.3 Å². The number of anilines is 1. The number of methoxy groups -OCH3 is 2. The number of carbonyl (C=O) groups excluding carboxylic acids is 1. The molecule has 0 heterocycles. The zero-order valence-electron chi connectivity index (χ0n) is 13.8. The highest BCUT2D eigenvalue weighted by atomic mass is 79.9. The van der Waals surface area contributed by atoms with Crippen LogP contribution in [0.4, 0.5) is 5.69 Å². The molecule has 6 heteroatoms. The molecule has 0 aliphatic carbocycles. The lowest BCUT2D eigenvalue weighted by atomic mass is 10.1. The summed E-state index contributed by atoms with van der Waals surface area (Å²) in [6.07, 6.45) is 0.993. The smallest absolute Gasteiger partial charge is 0.224 e. The zero-order chi connectivity index (χ0) is 17.7.